The fourth-order valence-electron chi connectivity index (χ4n) is 1.69. The Balaban J connectivity index is 1.74. The minimum absolute atomic E-state index is 0.139. The van der Waals surface area contributed by atoms with Gasteiger partial charge in [-0.1, -0.05) is 5.16 Å². The van der Waals surface area contributed by atoms with E-state index in [4.69, 9.17) is 14.0 Å². The smallest absolute Gasteiger partial charge is 0.317 e. The van der Waals surface area contributed by atoms with Gasteiger partial charge in [0, 0.05) is 26.6 Å². The van der Waals surface area contributed by atoms with Crippen LogP contribution in [0.15, 0.2) is 4.52 Å². The molecule has 8 nitrogen and oxygen atoms in total. The van der Waals surface area contributed by atoms with Gasteiger partial charge in [-0.3, -0.25) is 0 Å². The molecule has 2 amide bonds. The summed E-state index contributed by atoms with van der Waals surface area (Å²) >= 11 is 0. The summed E-state index contributed by atoms with van der Waals surface area (Å²) in [4.78, 5) is 17.6. The van der Waals surface area contributed by atoms with E-state index in [-0.39, 0.29) is 12.6 Å². The van der Waals surface area contributed by atoms with Crippen LogP contribution in [0.3, 0.4) is 0 Å². The zero-order valence-electron chi connectivity index (χ0n) is 10.9. The van der Waals surface area contributed by atoms with Gasteiger partial charge >= 0.3 is 6.03 Å². The molecule has 0 aliphatic carbocycles. The van der Waals surface area contributed by atoms with Crippen LogP contribution in [0.1, 0.15) is 11.7 Å². The molecule has 8 heteroatoms. The number of nitrogens with zero attached hydrogens (tertiary/aromatic N) is 3. The van der Waals surface area contributed by atoms with Crippen molar-refractivity contribution in [1.29, 1.82) is 0 Å². The Morgan fingerprint density at radius 3 is 3.00 bits per heavy atom. The number of urea groups is 1. The SMILES string of the molecule is COCCc1noc(CNC(=O)N2CCOCC2)n1. The molecule has 0 unspecified atom stereocenters. The van der Waals surface area contributed by atoms with Crippen LogP contribution in [0.25, 0.3) is 0 Å². The van der Waals surface area contributed by atoms with Crippen molar-refractivity contribution in [3.05, 3.63) is 11.7 Å². The zero-order valence-corrected chi connectivity index (χ0v) is 10.9. The highest BCUT2D eigenvalue weighted by molar-refractivity contribution is 5.74. The number of ether oxygens (including phenoxy) is 2. The lowest BCUT2D eigenvalue weighted by Gasteiger charge is -2.26. The van der Waals surface area contributed by atoms with Gasteiger partial charge in [0.15, 0.2) is 5.82 Å². The second-order valence-corrected chi connectivity index (χ2v) is 4.11. The summed E-state index contributed by atoms with van der Waals surface area (Å²) in [7, 11) is 1.61. The Labute approximate surface area is 111 Å². The molecule has 2 rings (SSSR count). The number of nitrogens with one attached hydrogen (secondary N) is 1. The molecule has 0 spiro atoms. The lowest BCUT2D eigenvalue weighted by Crippen LogP contribution is -2.45. The lowest BCUT2D eigenvalue weighted by molar-refractivity contribution is 0.0529. The summed E-state index contributed by atoms with van der Waals surface area (Å²) in [6, 6.07) is -0.139. The molecule has 1 N–H and O–H groups in total. The van der Waals surface area contributed by atoms with E-state index in [1.54, 1.807) is 12.0 Å². The number of morpholine rings is 1. The number of carbonyl (C=O) groups is 1. The van der Waals surface area contributed by atoms with E-state index in [2.05, 4.69) is 15.5 Å². The van der Waals surface area contributed by atoms with Gasteiger partial charge in [-0.25, -0.2) is 4.79 Å². The molecular weight excluding hydrogens is 252 g/mol. The molecule has 19 heavy (non-hydrogen) atoms. The maximum atomic E-state index is 11.8. The van der Waals surface area contributed by atoms with Gasteiger partial charge < -0.3 is 24.2 Å². The van der Waals surface area contributed by atoms with Crippen molar-refractivity contribution in [2.75, 3.05) is 40.0 Å². The van der Waals surface area contributed by atoms with Crippen LogP contribution in [0.4, 0.5) is 4.79 Å². The summed E-state index contributed by atoms with van der Waals surface area (Å²) in [5, 5.41) is 6.54. The van der Waals surface area contributed by atoms with Gasteiger partial charge in [0.05, 0.1) is 26.4 Å². The first-order valence-corrected chi connectivity index (χ1v) is 6.20. The fourth-order valence-corrected chi connectivity index (χ4v) is 1.69. The van der Waals surface area contributed by atoms with Crippen molar-refractivity contribution >= 4 is 6.03 Å². The number of rotatable bonds is 5. The summed E-state index contributed by atoms with van der Waals surface area (Å²) < 4.78 is 15.1. The molecule has 0 bridgehead atoms. The molecule has 1 fully saturated rings. The number of hydrogen-bond acceptors (Lipinski definition) is 6. The second-order valence-electron chi connectivity index (χ2n) is 4.11. The molecule has 1 aliphatic rings. The van der Waals surface area contributed by atoms with Crippen LogP contribution < -0.4 is 5.32 Å². The van der Waals surface area contributed by atoms with Gasteiger partial charge in [0.25, 0.3) is 0 Å². The predicted octanol–water partition coefficient (Wildman–Crippen LogP) is -0.200. The van der Waals surface area contributed by atoms with E-state index in [0.29, 0.717) is 51.0 Å². The number of hydrogen-bond donors (Lipinski definition) is 1. The Hall–Kier alpha value is -1.67. The van der Waals surface area contributed by atoms with Crippen molar-refractivity contribution in [3.63, 3.8) is 0 Å². The number of amides is 2. The number of carbonyl (C=O) groups excluding carboxylic acids is 1. The van der Waals surface area contributed by atoms with Gasteiger partial charge in [-0.15, -0.1) is 0 Å². The molecule has 0 saturated carbocycles. The Morgan fingerprint density at radius 1 is 1.47 bits per heavy atom. The Morgan fingerprint density at radius 2 is 2.26 bits per heavy atom. The first-order chi connectivity index (χ1) is 9.29. The van der Waals surface area contributed by atoms with Gasteiger partial charge in [-0.2, -0.15) is 4.98 Å². The Kier molecular flexibility index (Phi) is 5.10. The van der Waals surface area contributed by atoms with E-state index < -0.39 is 0 Å². The summed E-state index contributed by atoms with van der Waals surface area (Å²) in [5.41, 5.74) is 0. The maximum Gasteiger partial charge on any atom is 0.317 e. The molecule has 0 aromatic carbocycles. The lowest BCUT2D eigenvalue weighted by atomic mass is 10.4. The van der Waals surface area contributed by atoms with Crippen molar-refractivity contribution < 1.29 is 18.8 Å². The zero-order chi connectivity index (χ0) is 13.5. The summed E-state index contributed by atoms with van der Waals surface area (Å²) in [5.74, 6) is 0.977. The number of methoxy groups -OCH3 is 1. The monoisotopic (exact) mass is 270 g/mol. The molecule has 1 saturated heterocycles. The minimum Gasteiger partial charge on any atom is -0.384 e. The summed E-state index contributed by atoms with van der Waals surface area (Å²) in [6.45, 7) is 3.14. The topological polar surface area (TPSA) is 89.7 Å². The highest BCUT2D eigenvalue weighted by Gasteiger charge is 2.17. The molecule has 106 valence electrons. The highest BCUT2D eigenvalue weighted by atomic mass is 16.5. The van der Waals surface area contributed by atoms with Crippen molar-refractivity contribution in [2.45, 2.75) is 13.0 Å². The molecule has 2 heterocycles. The van der Waals surface area contributed by atoms with Crippen LogP contribution in [0.5, 0.6) is 0 Å². The molecular formula is C11H18N4O4. The average molecular weight is 270 g/mol. The van der Waals surface area contributed by atoms with Gasteiger partial charge in [0.1, 0.15) is 0 Å². The normalized spacial score (nSPS) is 15.5. The average Bonchev–Trinajstić information content (AvgIpc) is 2.91. The molecule has 0 atom stereocenters. The van der Waals surface area contributed by atoms with Crippen molar-refractivity contribution in [3.8, 4) is 0 Å². The summed E-state index contributed by atoms with van der Waals surface area (Å²) in [6.07, 6.45) is 0.595. The van der Waals surface area contributed by atoms with Crippen LogP contribution in [-0.4, -0.2) is 61.1 Å². The number of aromatic nitrogens is 2. The first kappa shape index (κ1) is 13.8. The van der Waals surface area contributed by atoms with E-state index in [9.17, 15) is 4.79 Å². The first-order valence-electron chi connectivity index (χ1n) is 6.20. The Bertz CT molecular complexity index is 403. The van der Waals surface area contributed by atoms with E-state index in [1.165, 1.54) is 0 Å². The molecule has 1 aliphatic heterocycles. The highest BCUT2D eigenvalue weighted by Crippen LogP contribution is 2.00. The van der Waals surface area contributed by atoms with Crippen LogP contribution in [-0.2, 0) is 22.4 Å². The van der Waals surface area contributed by atoms with E-state index in [0.717, 1.165) is 0 Å². The third kappa shape index (κ3) is 4.18. The van der Waals surface area contributed by atoms with Crippen LogP contribution >= 0.6 is 0 Å². The molecule has 1 aromatic rings. The van der Waals surface area contributed by atoms with Crippen LogP contribution in [0, 0.1) is 0 Å². The molecule has 0 radical (unpaired) electrons. The van der Waals surface area contributed by atoms with Crippen LogP contribution in [0.2, 0.25) is 0 Å². The van der Waals surface area contributed by atoms with Gasteiger partial charge in [0.2, 0.25) is 5.89 Å². The maximum absolute atomic E-state index is 11.8. The third-order valence-corrected chi connectivity index (χ3v) is 2.73. The fraction of sp³-hybridized carbons (Fsp3) is 0.727. The predicted molar refractivity (Wildman–Crippen MR) is 64.5 cm³/mol. The largest absolute Gasteiger partial charge is 0.384 e. The quantitative estimate of drug-likeness (QED) is 0.797. The van der Waals surface area contributed by atoms with Crippen molar-refractivity contribution in [1.82, 2.24) is 20.4 Å². The van der Waals surface area contributed by atoms with E-state index >= 15 is 0 Å². The van der Waals surface area contributed by atoms with Gasteiger partial charge in [-0.05, 0) is 0 Å². The minimum atomic E-state index is -0.139. The van der Waals surface area contributed by atoms with E-state index in [1.807, 2.05) is 0 Å². The second kappa shape index (κ2) is 7.05. The standard InChI is InChI=1S/C11H18N4O4/c1-17-5-2-9-13-10(19-14-9)8-12-11(16)15-3-6-18-7-4-15/h2-8H2,1H3,(H,12,16). The third-order valence-electron chi connectivity index (χ3n) is 2.73. The molecule has 1 aromatic heterocycles. The van der Waals surface area contributed by atoms with Crippen molar-refractivity contribution in [2.24, 2.45) is 0 Å².